The van der Waals surface area contributed by atoms with Crippen LogP contribution < -0.4 is 11.1 Å². The Morgan fingerprint density at radius 3 is 2.43 bits per heavy atom. The van der Waals surface area contributed by atoms with Crippen molar-refractivity contribution in [3.63, 3.8) is 0 Å². The van der Waals surface area contributed by atoms with E-state index in [-0.39, 0.29) is 24.9 Å². The van der Waals surface area contributed by atoms with Gasteiger partial charge in [0.15, 0.2) is 0 Å². The molecule has 0 aromatic heterocycles. The van der Waals surface area contributed by atoms with Gasteiger partial charge in [0.1, 0.15) is 0 Å². The van der Waals surface area contributed by atoms with Gasteiger partial charge in [0, 0.05) is 30.9 Å². The molecule has 1 amide bonds. The number of para-hydroxylation sites is 1. The lowest BCUT2D eigenvalue weighted by Gasteiger charge is -2.38. The zero-order chi connectivity index (χ0) is 19.5. The molecule has 1 saturated heterocycles. The Morgan fingerprint density at radius 1 is 1.11 bits per heavy atom. The van der Waals surface area contributed by atoms with E-state index in [1.54, 1.807) is 30.3 Å². The fraction of sp³-hybridized carbons (Fsp3) is 0.350. The van der Waals surface area contributed by atoms with E-state index in [0.29, 0.717) is 42.9 Å². The molecule has 3 N–H and O–H groups in total. The van der Waals surface area contributed by atoms with Crippen LogP contribution in [-0.4, -0.2) is 25.7 Å². The van der Waals surface area contributed by atoms with Gasteiger partial charge >= 0.3 is 6.18 Å². The number of nitrogen functional groups attached to an aromatic ring is 1. The first-order valence-electron chi connectivity index (χ1n) is 8.70. The highest BCUT2D eigenvalue weighted by molar-refractivity contribution is 5.99. The maximum atomic E-state index is 13.1. The lowest BCUT2D eigenvalue weighted by molar-refractivity contribution is -0.137. The molecule has 0 saturated carbocycles. The number of amides is 1. The molecule has 152 valence electrons. The van der Waals surface area contributed by atoms with Crippen LogP contribution in [0.25, 0.3) is 0 Å². The average molecular weight is 415 g/mol. The summed E-state index contributed by atoms with van der Waals surface area (Å²) in [6.45, 7) is 1.07. The van der Waals surface area contributed by atoms with Crippen molar-refractivity contribution in [1.29, 1.82) is 0 Å². The number of nitrogens with two attached hydrogens (primary N) is 1. The molecule has 0 atom stereocenters. The molecule has 1 heterocycles. The third-order valence-corrected chi connectivity index (χ3v) is 5.04. The van der Waals surface area contributed by atoms with Gasteiger partial charge in [0.2, 0.25) is 0 Å². The van der Waals surface area contributed by atoms with Crippen molar-refractivity contribution in [1.82, 2.24) is 5.32 Å². The summed E-state index contributed by atoms with van der Waals surface area (Å²) in [5, 5.41) is 2.85. The van der Waals surface area contributed by atoms with Gasteiger partial charge in [-0.15, -0.1) is 12.4 Å². The molecule has 0 bridgehead atoms. The number of halogens is 4. The summed E-state index contributed by atoms with van der Waals surface area (Å²) in [4.78, 5) is 12.5. The number of rotatable bonds is 4. The first-order valence-corrected chi connectivity index (χ1v) is 8.70. The minimum Gasteiger partial charge on any atom is -0.398 e. The standard InChI is InChI=1S/C20H21F3N2O2.ClH/c21-20(22,23)15-5-3-4-14(12-15)19(8-10-27-11-9-19)13-25-18(26)16-6-1-2-7-17(16)24;/h1-7,12H,8-11,13,24H2,(H,25,26);1H. The summed E-state index contributed by atoms with van der Waals surface area (Å²) < 4.78 is 44.8. The second-order valence-electron chi connectivity index (χ2n) is 6.74. The summed E-state index contributed by atoms with van der Waals surface area (Å²) in [5.41, 5.74) is 5.80. The maximum Gasteiger partial charge on any atom is 0.416 e. The van der Waals surface area contributed by atoms with Gasteiger partial charge in [-0.1, -0.05) is 30.3 Å². The first-order chi connectivity index (χ1) is 12.8. The van der Waals surface area contributed by atoms with E-state index in [1.807, 2.05) is 0 Å². The van der Waals surface area contributed by atoms with Crippen LogP contribution >= 0.6 is 12.4 Å². The Kier molecular flexibility index (Phi) is 6.96. The van der Waals surface area contributed by atoms with Crippen LogP contribution in [-0.2, 0) is 16.3 Å². The molecular formula is C20H22ClF3N2O2. The van der Waals surface area contributed by atoms with Crippen molar-refractivity contribution in [2.24, 2.45) is 0 Å². The van der Waals surface area contributed by atoms with Gasteiger partial charge in [0.05, 0.1) is 11.1 Å². The van der Waals surface area contributed by atoms with Crippen LogP contribution in [0.1, 0.15) is 34.3 Å². The summed E-state index contributed by atoms with van der Waals surface area (Å²) in [6.07, 6.45) is -3.36. The van der Waals surface area contributed by atoms with E-state index in [4.69, 9.17) is 10.5 Å². The molecule has 1 aliphatic rings. The molecule has 2 aromatic carbocycles. The van der Waals surface area contributed by atoms with Gasteiger partial charge < -0.3 is 15.8 Å². The zero-order valence-corrected chi connectivity index (χ0v) is 15.9. The molecule has 0 aliphatic carbocycles. The van der Waals surface area contributed by atoms with Gasteiger partial charge in [0.25, 0.3) is 5.91 Å². The smallest absolute Gasteiger partial charge is 0.398 e. The normalized spacial score (nSPS) is 16.1. The quantitative estimate of drug-likeness (QED) is 0.737. The van der Waals surface area contributed by atoms with Crippen molar-refractivity contribution < 1.29 is 22.7 Å². The van der Waals surface area contributed by atoms with Gasteiger partial charge in [-0.3, -0.25) is 4.79 Å². The molecule has 2 aromatic rings. The molecule has 1 fully saturated rings. The van der Waals surface area contributed by atoms with E-state index >= 15 is 0 Å². The second-order valence-corrected chi connectivity index (χ2v) is 6.74. The fourth-order valence-electron chi connectivity index (χ4n) is 3.40. The van der Waals surface area contributed by atoms with E-state index in [1.165, 1.54) is 12.1 Å². The van der Waals surface area contributed by atoms with Gasteiger partial charge in [-0.05, 0) is 36.6 Å². The van der Waals surface area contributed by atoms with E-state index in [0.717, 1.165) is 6.07 Å². The van der Waals surface area contributed by atoms with E-state index in [2.05, 4.69) is 5.32 Å². The number of nitrogens with one attached hydrogen (secondary N) is 1. The number of anilines is 1. The average Bonchev–Trinajstić information content (AvgIpc) is 2.67. The van der Waals surface area contributed by atoms with E-state index in [9.17, 15) is 18.0 Å². The van der Waals surface area contributed by atoms with Crippen LogP contribution in [0.4, 0.5) is 18.9 Å². The Hall–Kier alpha value is -2.25. The molecule has 28 heavy (non-hydrogen) atoms. The van der Waals surface area contributed by atoms with Crippen LogP contribution in [0.5, 0.6) is 0 Å². The van der Waals surface area contributed by atoms with Gasteiger partial charge in [-0.2, -0.15) is 13.2 Å². The minimum atomic E-state index is -4.41. The number of carbonyl (C=O) groups excluding carboxylic acids is 1. The molecule has 0 unspecified atom stereocenters. The number of carbonyl (C=O) groups is 1. The number of alkyl halides is 3. The van der Waals surface area contributed by atoms with Crippen molar-refractivity contribution in [2.45, 2.75) is 24.4 Å². The highest BCUT2D eigenvalue weighted by Gasteiger charge is 2.37. The number of hydrogen-bond donors (Lipinski definition) is 2. The topological polar surface area (TPSA) is 64.4 Å². The van der Waals surface area contributed by atoms with Crippen molar-refractivity contribution in [3.05, 3.63) is 65.2 Å². The molecule has 8 heteroatoms. The number of benzene rings is 2. The Bertz CT molecular complexity index is 821. The molecule has 4 nitrogen and oxygen atoms in total. The predicted molar refractivity (Wildman–Crippen MR) is 104 cm³/mol. The molecule has 1 aliphatic heterocycles. The highest BCUT2D eigenvalue weighted by Crippen LogP contribution is 2.38. The third-order valence-electron chi connectivity index (χ3n) is 5.04. The lowest BCUT2D eigenvalue weighted by atomic mass is 9.73. The summed E-state index contributed by atoms with van der Waals surface area (Å²) >= 11 is 0. The summed E-state index contributed by atoms with van der Waals surface area (Å²) in [6, 6.07) is 12.0. The fourth-order valence-corrected chi connectivity index (χ4v) is 3.40. The zero-order valence-electron chi connectivity index (χ0n) is 15.1. The Labute approximate surface area is 167 Å². The monoisotopic (exact) mass is 414 g/mol. The molecular weight excluding hydrogens is 393 g/mol. The van der Waals surface area contributed by atoms with Crippen molar-refractivity contribution >= 4 is 24.0 Å². The van der Waals surface area contributed by atoms with Crippen LogP contribution in [0.15, 0.2) is 48.5 Å². The third kappa shape index (κ3) is 4.77. The summed E-state index contributed by atoms with van der Waals surface area (Å²) in [5.74, 6) is -0.342. The van der Waals surface area contributed by atoms with Crippen LogP contribution in [0.3, 0.4) is 0 Å². The molecule has 0 spiro atoms. The summed E-state index contributed by atoms with van der Waals surface area (Å²) in [7, 11) is 0. The number of hydrogen-bond acceptors (Lipinski definition) is 3. The van der Waals surface area contributed by atoms with E-state index < -0.39 is 17.2 Å². The molecule has 3 rings (SSSR count). The van der Waals surface area contributed by atoms with Crippen molar-refractivity contribution in [3.8, 4) is 0 Å². The van der Waals surface area contributed by atoms with Crippen LogP contribution in [0.2, 0.25) is 0 Å². The minimum absolute atomic E-state index is 0. The largest absolute Gasteiger partial charge is 0.416 e. The van der Waals surface area contributed by atoms with Crippen molar-refractivity contribution in [2.75, 3.05) is 25.5 Å². The number of ether oxygens (including phenoxy) is 1. The van der Waals surface area contributed by atoms with Crippen LogP contribution in [0, 0.1) is 0 Å². The highest BCUT2D eigenvalue weighted by atomic mass is 35.5. The SMILES string of the molecule is Cl.Nc1ccccc1C(=O)NCC1(c2cccc(C(F)(F)F)c2)CCOCC1. The second kappa shape index (κ2) is 8.84. The Morgan fingerprint density at radius 2 is 1.79 bits per heavy atom. The predicted octanol–water partition coefficient (Wildman–Crippen LogP) is 4.19. The van der Waals surface area contributed by atoms with Gasteiger partial charge in [-0.25, -0.2) is 0 Å². The Balaban J connectivity index is 0.00000280. The first kappa shape index (κ1) is 22.0. The maximum absolute atomic E-state index is 13.1. The lowest BCUT2D eigenvalue weighted by Crippen LogP contribution is -2.44. The molecule has 0 radical (unpaired) electrons.